The van der Waals surface area contributed by atoms with Crippen LogP contribution in [0.2, 0.25) is 0 Å². The van der Waals surface area contributed by atoms with Crippen molar-refractivity contribution in [1.29, 1.82) is 0 Å². The van der Waals surface area contributed by atoms with E-state index in [1.807, 2.05) is 11.8 Å². The molecule has 2 aliphatic rings. The van der Waals surface area contributed by atoms with E-state index in [0.717, 1.165) is 25.0 Å². The Labute approximate surface area is 129 Å². The number of carboxylic acid groups (broad SMARTS) is 1. The Morgan fingerprint density at radius 1 is 1.43 bits per heavy atom. The van der Waals surface area contributed by atoms with Gasteiger partial charge in [0.1, 0.15) is 0 Å². The summed E-state index contributed by atoms with van der Waals surface area (Å²) >= 11 is 1.90. The summed E-state index contributed by atoms with van der Waals surface area (Å²) < 4.78 is 5.30. The number of amides is 2. The zero-order chi connectivity index (χ0) is 15.2. The number of hydrogen-bond donors (Lipinski definition) is 2. The van der Waals surface area contributed by atoms with Gasteiger partial charge in [-0.05, 0) is 18.6 Å². The van der Waals surface area contributed by atoms with Gasteiger partial charge in [0.25, 0.3) is 0 Å². The largest absolute Gasteiger partial charge is 0.481 e. The van der Waals surface area contributed by atoms with Crippen molar-refractivity contribution in [2.24, 2.45) is 0 Å². The molecule has 120 valence electrons. The van der Waals surface area contributed by atoms with Gasteiger partial charge in [-0.1, -0.05) is 13.3 Å². The third kappa shape index (κ3) is 4.51. The molecule has 0 aromatic heterocycles. The number of carbonyl (C=O) groups excluding carboxylic acids is 1. The molecule has 2 amide bonds. The van der Waals surface area contributed by atoms with Crippen LogP contribution in [-0.2, 0) is 9.53 Å². The SMILES string of the molecule is CCSC1CCCC1NC(=O)N1CCOCC1CC(=O)O. The number of carbonyl (C=O) groups is 2. The van der Waals surface area contributed by atoms with Crippen LogP contribution in [0.3, 0.4) is 0 Å². The van der Waals surface area contributed by atoms with E-state index in [1.54, 1.807) is 4.90 Å². The summed E-state index contributed by atoms with van der Waals surface area (Å²) in [5, 5.41) is 12.5. The molecule has 7 heteroatoms. The number of morpholine rings is 1. The molecule has 0 aromatic rings. The first kappa shape index (κ1) is 16.4. The minimum atomic E-state index is -0.899. The second-order valence-corrected chi connectivity index (χ2v) is 7.02. The van der Waals surface area contributed by atoms with Gasteiger partial charge < -0.3 is 20.1 Å². The maximum absolute atomic E-state index is 12.5. The standard InChI is InChI=1S/C14H24N2O4S/c1-2-21-12-5-3-4-11(12)15-14(19)16-6-7-20-9-10(16)8-13(17)18/h10-12H,2-9H2,1H3,(H,15,19)(H,17,18). The Bertz CT molecular complexity index is 380. The lowest BCUT2D eigenvalue weighted by atomic mass is 10.1. The normalized spacial score (nSPS) is 29.4. The molecule has 0 aromatic carbocycles. The molecule has 2 fully saturated rings. The molecule has 2 N–H and O–H groups in total. The number of thioether (sulfide) groups is 1. The Morgan fingerprint density at radius 3 is 2.95 bits per heavy atom. The van der Waals surface area contributed by atoms with Crippen LogP contribution in [0.1, 0.15) is 32.6 Å². The summed E-state index contributed by atoms with van der Waals surface area (Å²) in [6.07, 6.45) is 3.23. The predicted molar refractivity (Wildman–Crippen MR) is 81.7 cm³/mol. The van der Waals surface area contributed by atoms with E-state index in [4.69, 9.17) is 9.84 Å². The van der Waals surface area contributed by atoms with Crippen molar-refractivity contribution in [3.8, 4) is 0 Å². The van der Waals surface area contributed by atoms with Gasteiger partial charge in [0.05, 0.1) is 25.7 Å². The third-order valence-corrected chi connectivity index (χ3v) is 5.37. The van der Waals surface area contributed by atoms with Gasteiger partial charge in [0.2, 0.25) is 0 Å². The van der Waals surface area contributed by atoms with Crippen molar-refractivity contribution < 1.29 is 19.4 Å². The van der Waals surface area contributed by atoms with Gasteiger partial charge in [-0.15, -0.1) is 0 Å². The van der Waals surface area contributed by atoms with E-state index in [2.05, 4.69) is 12.2 Å². The number of urea groups is 1. The molecular weight excluding hydrogens is 292 g/mol. The summed E-state index contributed by atoms with van der Waals surface area (Å²) in [5.41, 5.74) is 0. The number of nitrogens with one attached hydrogen (secondary N) is 1. The minimum Gasteiger partial charge on any atom is -0.481 e. The van der Waals surface area contributed by atoms with Crippen LogP contribution in [0, 0.1) is 0 Å². The van der Waals surface area contributed by atoms with Crippen LogP contribution in [0.25, 0.3) is 0 Å². The highest BCUT2D eigenvalue weighted by Crippen LogP contribution is 2.30. The lowest BCUT2D eigenvalue weighted by Crippen LogP contribution is -2.55. The first-order valence-electron chi connectivity index (χ1n) is 7.60. The summed E-state index contributed by atoms with van der Waals surface area (Å²) in [4.78, 5) is 25.0. The van der Waals surface area contributed by atoms with E-state index in [9.17, 15) is 9.59 Å². The van der Waals surface area contributed by atoms with Crippen LogP contribution in [0.15, 0.2) is 0 Å². The van der Waals surface area contributed by atoms with Crippen molar-refractivity contribution in [1.82, 2.24) is 10.2 Å². The van der Waals surface area contributed by atoms with Gasteiger partial charge in [-0.2, -0.15) is 11.8 Å². The highest BCUT2D eigenvalue weighted by Gasteiger charge is 2.33. The molecular formula is C14H24N2O4S. The zero-order valence-corrected chi connectivity index (χ0v) is 13.2. The second-order valence-electron chi connectivity index (χ2n) is 5.50. The van der Waals surface area contributed by atoms with E-state index < -0.39 is 5.97 Å². The average molecular weight is 316 g/mol. The smallest absolute Gasteiger partial charge is 0.318 e. The number of ether oxygens (including phenoxy) is 1. The highest BCUT2D eigenvalue weighted by molar-refractivity contribution is 7.99. The Hall–Kier alpha value is -0.950. The summed E-state index contributed by atoms with van der Waals surface area (Å²) in [5.74, 6) is 0.152. The van der Waals surface area contributed by atoms with Crippen LogP contribution in [0.4, 0.5) is 4.79 Å². The Morgan fingerprint density at radius 2 is 2.24 bits per heavy atom. The number of rotatable bonds is 5. The number of nitrogens with zero attached hydrogens (tertiary/aromatic N) is 1. The van der Waals surface area contributed by atoms with Crippen molar-refractivity contribution in [3.05, 3.63) is 0 Å². The van der Waals surface area contributed by atoms with Gasteiger partial charge in [0, 0.05) is 17.8 Å². The fourth-order valence-corrected chi connectivity index (χ4v) is 4.24. The molecule has 0 spiro atoms. The molecule has 1 saturated heterocycles. The maximum Gasteiger partial charge on any atom is 0.318 e. The van der Waals surface area contributed by atoms with Crippen molar-refractivity contribution >= 4 is 23.8 Å². The lowest BCUT2D eigenvalue weighted by molar-refractivity contribution is -0.139. The Kier molecular flexibility index (Phi) is 6.17. The minimum absolute atomic E-state index is 0.0643. The van der Waals surface area contributed by atoms with Crippen LogP contribution < -0.4 is 5.32 Å². The second kappa shape index (κ2) is 7.89. The molecule has 1 aliphatic carbocycles. The van der Waals surface area contributed by atoms with E-state index in [0.29, 0.717) is 25.0 Å². The molecule has 1 aliphatic heterocycles. The quantitative estimate of drug-likeness (QED) is 0.804. The van der Waals surface area contributed by atoms with Gasteiger partial charge in [-0.25, -0.2) is 4.79 Å². The zero-order valence-electron chi connectivity index (χ0n) is 12.4. The fraction of sp³-hybridized carbons (Fsp3) is 0.857. The Balaban J connectivity index is 1.92. The molecule has 3 atom stereocenters. The predicted octanol–water partition coefficient (Wildman–Crippen LogP) is 1.55. The highest BCUT2D eigenvalue weighted by atomic mass is 32.2. The summed E-state index contributed by atoms with van der Waals surface area (Å²) in [7, 11) is 0. The molecule has 21 heavy (non-hydrogen) atoms. The number of aliphatic carboxylic acids is 1. The maximum atomic E-state index is 12.5. The molecule has 1 heterocycles. The monoisotopic (exact) mass is 316 g/mol. The van der Waals surface area contributed by atoms with E-state index in [-0.39, 0.29) is 24.5 Å². The third-order valence-electron chi connectivity index (χ3n) is 4.04. The van der Waals surface area contributed by atoms with Crippen LogP contribution >= 0.6 is 11.8 Å². The number of hydrogen-bond acceptors (Lipinski definition) is 4. The number of carboxylic acids is 1. The molecule has 2 rings (SSSR count). The summed E-state index contributed by atoms with van der Waals surface area (Å²) in [6.45, 7) is 3.37. The van der Waals surface area contributed by atoms with Gasteiger partial charge in [0.15, 0.2) is 0 Å². The van der Waals surface area contributed by atoms with E-state index in [1.165, 1.54) is 0 Å². The molecule has 1 saturated carbocycles. The van der Waals surface area contributed by atoms with Crippen LogP contribution in [-0.4, -0.2) is 64.9 Å². The van der Waals surface area contributed by atoms with Crippen LogP contribution in [0.5, 0.6) is 0 Å². The van der Waals surface area contributed by atoms with Gasteiger partial charge >= 0.3 is 12.0 Å². The molecule has 3 unspecified atom stereocenters. The average Bonchev–Trinajstić information content (AvgIpc) is 2.86. The summed E-state index contributed by atoms with van der Waals surface area (Å²) in [6, 6.07) is -0.302. The van der Waals surface area contributed by atoms with Gasteiger partial charge in [-0.3, -0.25) is 4.79 Å². The topological polar surface area (TPSA) is 78.9 Å². The van der Waals surface area contributed by atoms with Crippen molar-refractivity contribution in [3.63, 3.8) is 0 Å². The van der Waals surface area contributed by atoms with E-state index >= 15 is 0 Å². The first-order valence-corrected chi connectivity index (χ1v) is 8.65. The molecule has 6 nitrogen and oxygen atoms in total. The molecule has 0 bridgehead atoms. The fourth-order valence-electron chi connectivity index (χ4n) is 3.04. The van der Waals surface area contributed by atoms with Crippen molar-refractivity contribution in [2.45, 2.75) is 49.9 Å². The lowest BCUT2D eigenvalue weighted by Gasteiger charge is -2.36. The molecule has 0 radical (unpaired) electrons. The first-order chi connectivity index (χ1) is 10.1. The van der Waals surface area contributed by atoms with Crippen molar-refractivity contribution in [2.75, 3.05) is 25.5 Å².